The van der Waals surface area contributed by atoms with Crippen molar-refractivity contribution in [2.75, 3.05) is 0 Å². The van der Waals surface area contributed by atoms with Crippen LogP contribution in [0.25, 0.3) is 0 Å². The molecule has 2 N–H and O–H groups in total. The van der Waals surface area contributed by atoms with Crippen LogP contribution in [0.15, 0.2) is 17.6 Å². The van der Waals surface area contributed by atoms with Gasteiger partial charge >= 0.3 is 0 Å². The fourth-order valence-electron chi connectivity index (χ4n) is 1.67. The van der Waals surface area contributed by atoms with Crippen LogP contribution >= 0.6 is 11.8 Å². The minimum atomic E-state index is -0.149. The van der Waals surface area contributed by atoms with Gasteiger partial charge in [0, 0.05) is 17.6 Å². The molecule has 1 aliphatic rings. The quantitative estimate of drug-likeness (QED) is 0.762. The van der Waals surface area contributed by atoms with Crippen molar-refractivity contribution in [1.82, 2.24) is 9.97 Å². The summed E-state index contributed by atoms with van der Waals surface area (Å²) >= 11 is 1.66. The predicted octanol–water partition coefficient (Wildman–Crippen LogP) is 1.81. The Bertz CT molecular complexity index is 250. The van der Waals surface area contributed by atoms with E-state index in [2.05, 4.69) is 9.97 Å². The highest BCUT2D eigenvalue weighted by Gasteiger charge is 2.24. The molecule has 1 heterocycles. The summed E-state index contributed by atoms with van der Waals surface area (Å²) in [5, 5.41) is 11.0. The number of aromatic nitrogens is 2. The standard InChI is InChI=1S/C9H14N2OS/c12-7-3-1-2-4-8(7)13-9-10-5-6-11-9/h5-8,12H,1-4H2,(H,10,11)/t7-,8-/m0/s1. The van der Waals surface area contributed by atoms with Crippen molar-refractivity contribution >= 4 is 11.8 Å². The molecule has 0 aromatic carbocycles. The molecule has 13 heavy (non-hydrogen) atoms. The summed E-state index contributed by atoms with van der Waals surface area (Å²) in [5.41, 5.74) is 0. The van der Waals surface area contributed by atoms with Gasteiger partial charge in [0.2, 0.25) is 0 Å². The van der Waals surface area contributed by atoms with E-state index in [-0.39, 0.29) is 6.10 Å². The van der Waals surface area contributed by atoms with Crippen LogP contribution < -0.4 is 0 Å². The zero-order valence-corrected chi connectivity index (χ0v) is 8.26. The second-order valence-electron chi connectivity index (χ2n) is 3.40. The Morgan fingerprint density at radius 2 is 2.31 bits per heavy atom. The number of H-pyrrole nitrogens is 1. The number of hydrogen-bond donors (Lipinski definition) is 2. The number of aromatic amines is 1. The fourth-order valence-corrected chi connectivity index (χ4v) is 2.80. The fraction of sp³-hybridized carbons (Fsp3) is 0.667. The van der Waals surface area contributed by atoms with Crippen LogP contribution in [-0.4, -0.2) is 26.4 Å². The van der Waals surface area contributed by atoms with Crippen molar-refractivity contribution in [2.45, 2.75) is 42.2 Å². The van der Waals surface area contributed by atoms with Crippen molar-refractivity contribution in [3.8, 4) is 0 Å². The molecular weight excluding hydrogens is 184 g/mol. The average molecular weight is 198 g/mol. The average Bonchev–Trinajstić information content (AvgIpc) is 2.61. The number of nitrogens with one attached hydrogen (secondary N) is 1. The molecule has 0 spiro atoms. The molecule has 1 fully saturated rings. The number of thioether (sulfide) groups is 1. The molecule has 1 aromatic heterocycles. The van der Waals surface area contributed by atoms with E-state index in [1.165, 1.54) is 6.42 Å². The third-order valence-corrected chi connectivity index (χ3v) is 3.70. The smallest absolute Gasteiger partial charge is 0.165 e. The topological polar surface area (TPSA) is 48.9 Å². The second kappa shape index (κ2) is 4.15. The largest absolute Gasteiger partial charge is 0.392 e. The third-order valence-electron chi connectivity index (χ3n) is 2.40. The molecule has 2 rings (SSSR count). The van der Waals surface area contributed by atoms with Gasteiger partial charge in [0.15, 0.2) is 5.16 Å². The molecule has 0 aliphatic heterocycles. The lowest BCUT2D eigenvalue weighted by atomic mass is 9.97. The Morgan fingerprint density at radius 3 is 3.00 bits per heavy atom. The molecule has 0 bridgehead atoms. The molecule has 1 saturated carbocycles. The van der Waals surface area contributed by atoms with Crippen LogP contribution in [0.4, 0.5) is 0 Å². The summed E-state index contributed by atoms with van der Waals surface area (Å²) in [5.74, 6) is 0. The van der Waals surface area contributed by atoms with E-state index in [9.17, 15) is 5.11 Å². The van der Waals surface area contributed by atoms with Crippen molar-refractivity contribution < 1.29 is 5.11 Å². The molecule has 1 aliphatic carbocycles. The molecule has 0 amide bonds. The lowest BCUT2D eigenvalue weighted by molar-refractivity contribution is 0.137. The Kier molecular flexibility index (Phi) is 2.90. The lowest BCUT2D eigenvalue weighted by Gasteiger charge is -2.25. The van der Waals surface area contributed by atoms with Crippen LogP contribution in [0.3, 0.4) is 0 Å². The molecule has 0 unspecified atom stereocenters. The Labute approximate surface area is 82.0 Å². The van der Waals surface area contributed by atoms with Crippen molar-refractivity contribution in [2.24, 2.45) is 0 Å². The van der Waals surface area contributed by atoms with Gasteiger partial charge in [-0.25, -0.2) is 4.98 Å². The molecule has 2 atom stereocenters. The highest BCUT2D eigenvalue weighted by molar-refractivity contribution is 7.99. The van der Waals surface area contributed by atoms with E-state index in [4.69, 9.17) is 0 Å². The SMILES string of the molecule is O[C@H]1CCCC[C@@H]1Sc1ncc[nH]1. The van der Waals surface area contributed by atoms with Crippen molar-refractivity contribution in [1.29, 1.82) is 0 Å². The van der Waals surface area contributed by atoms with E-state index in [1.807, 2.05) is 6.20 Å². The summed E-state index contributed by atoms with van der Waals surface area (Å²) in [7, 11) is 0. The Balaban J connectivity index is 1.93. The first-order valence-corrected chi connectivity index (χ1v) is 5.58. The number of aliphatic hydroxyl groups is 1. The number of hydrogen-bond acceptors (Lipinski definition) is 3. The summed E-state index contributed by atoms with van der Waals surface area (Å²) in [6.45, 7) is 0. The predicted molar refractivity (Wildman–Crippen MR) is 52.7 cm³/mol. The van der Waals surface area contributed by atoms with Gasteiger partial charge in [0.25, 0.3) is 0 Å². The van der Waals surface area contributed by atoms with Crippen LogP contribution in [-0.2, 0) is 0 Å². The van der Waals surface area contributed by atoms with E-state index >= 15 is 0 Å². The molecule has 72 valence electrons. The van der Waals surface area contributed by atoms with Gasteiger partial charge in [-0.05, 0) is 12.8 Å². The number of nitrogens with zero attached hydrogens (tertiary/aromatic N) is 1. The highest BCUT2D eigenvalue weighted by Crippen LogP contribution is 2.31. The van der Waals surface area contributed by atoms with Crippen molar-refractivity contribution in [3.63, 3.8) is 0 Å². The molecule has 1 aromatic rings. The van der Waals surface area contributed by atoms with Gasteiger partial charge in [0.1, 0.15) is 0 Å². The maximum atomic E-state index is 9.71. The summed E-state index contributed by atoms with van der Waals surface area (Å²) in [4.78, 5) is 7.19. The van der Waals surface area contributed by atoms with E-state index in [0.717, 1.165) is 24.4 Å². The summed E-state index contributed by atoms with van der Waals surface area (Å²) in [6.07, 6.45) is 7.86. The molecule has 4 heteroatoms. The van der Waals surface area contributed by atoms with Gasteiger partial charge in [-0.1, -0.05) is 24.6 Å². The monoisotopic (exact) mass is 198 g/mol. The number of rotatable bonds is 2. The highest BCUT2D eigenvalue weighted by atomic mass is 32.2. The normalized spacial score (nSPS) is 29.0. The van der Waals surface area contributed by atoms with Crippen LogP contribution in [0, 0.1) is 0 Å². The number of imidazole rings is 1. The van der Waals surface area contributed by atoms with Gasteiger partial charge < -0.3 is 10.1 Å². The Hall–Kier alpha value is -0.480. The van der Waals surface area contributed by atoms with Crippen LogP contribution in [0.1, 0.15) is 25.7 Å². The zero-order valence-electron chi connectivity index (χ0n) is 7.44. The zero-order chi connectivity index (χ0) is 9.10. The first-order valence-electron chi connectivity index (χ1n) is 4.70. The maximum absolute atomic E-state index is 9.71. The van der Waals surface area contributed by atoms with E-state index < -0.39 is 0 Å². The minimum Gasteiger partial charge on any atom is -0.392 e. The third kappa shape index (κ3) is 2.25. The molecular formula is C9H14N2OS. The number of aliphatic hydroxyl groups excluding tert-OH is 1. The van der Waals surface area contributed by atoms with Gasteiger partial charge in [-0.15, -0.1) is 0 Å². The molecule has 3 nitrogen and oxygen atoms in total. The first kappa shape index (κ1) is 9.09. The van der Waals surface area contributed by atoms with Gasteiger partial charge in [-0.3, -0.25) is 0 Å². The maximum Gasteiger partial charge on any atom is 0.165 e. The Morgan fingerprint density at radius 1 is 1.46 bits per heavy atom. The van der Waals surface area contributed by atoms with Crippen molar-refractivity contribution in [3.05, 3.63) is 12.4 Å². The van der Waals surface area contributed by atoms with Crippen LogP contribution in [0.5, 0.6) is 0 Å². The van der Waals surface area contributed by atoms with E-state index in [1.54, 1.807) is 18.0 Å². The van der Waals surface area contributed by atoms with Gasteiger partial charge in [-0.2, -0.15) is 0 Å². The molecule has 0 saturated heterocycles. The summed E-state index contributed by atoms with van der Waals surface area (Å²) < 4.78 is 0. The summed E-state index contributed by atoms with van der Waals surface area (Å²) in [6, 6.07) is 0. The van der Waals surface area contributed by atoms with E-state index in [0.29, 0.717) is 5.25 Å². The second-order valence-corrected chi connectivity index (χ2v) is 4.63. The minimum absolute atomic E-state index is 0.149. The van der Waals surface area contributed by atoms with Gasteiger partial charge in [0.05, 0.1) is 6.10 Å². The first-order chi connectivity index (χ1) is 6.36. The van der Waals surface area contributed by atoms with Crippen LogP contribution in [0.2, 0.25) is 0 Å². The molecule has 0 radical (unpaired) electrons. The lowest BCUT2D eigenvalue weighted by Crippen LogP contribution is -2.26.